The number of aromatic nitrogens is 3. The topological polar surface area (TPSA) is 115 Å². The van der Waals surface area contributed by atoms with Gasteiger partial charge in [0.2, 0.25) is 0 Å². The predicted octanol–water partition coefficient (Wildman–Crippen LogP) is 5.96. The highest BCUT2D eigenvalue weighted by Crippen LogP contribution is 2.30. The molecule has 0 radical (unpaired) electrons. The van der Waals surface area contributed by atoms with Crippen LogP contribution in [-0.4, -0.2) is 64.4 Å². The number of thiazole rings is 1. The Balaban J connectivity index is 1.24. The van der Waals surface area contributed by atoms with Crippen LogP contribution in [0.25, 0.3) is 0 Å². The number of amides is 2. The van der Waals surface area contributed by atoms with Crippen LogP contribution >= 0.6 is 11.3 Å². The Labute approximate surface area is 256 Å². The molecule has 44 heavy (non-hydrogen) atoms. The van der Waals surface area contributed by atoms with Crippen molar-refractivity contribution in [3.05, 3.63) is 82.3 Å². The highest BCUT2D eigenvalue weighted by Gasteiger charge is 2.31. The van der Waals surface area contributed by atoms with E-state index in [-0.39, 0.29) is 10.6 Å². The van der Waals surface area contributed by atoms with Crippen molar-refractivity contribution in [1.29, 1.82) is 0 Å². The third-order valence-corrected chi connectivity index (χ3v) is 8.03. The van der Waals surface area contributed by atoms with Crippen molar-refractivity contribution >= 4 is 51.2 Å². The quantitative estimate of drug-likeness (QED) is 0.220. The zero-order chi connectivity index (χ0) is 31.4. The summed E-state index contributed by atoms with van der Waals surface area (Å²) < 4.78 is 39.2. The van der Waals surface area contributed by atoms with Crippen molar-refractivity contribution in [3.63, 3.8) is 0 Å². The Morgan fingerprint density at radius 1 is 0.955 bits per heavy atom. The number of nitrogens with one attached hydrogen (secondary N) is 3. The third kappa shape index (κ3) is 7.50. The molecule has 14 heteroatoms. The molecular formula is C30H31F3N8O2S. The first-order valence-electron chi connectivity index (χ1n) is 13.9. The number of piperazine rings is 1. The number of anilines is 5. The van der Waals surface area contributed by atoms with Crippen molar-refractivity contribution in [3.8, 4) is 0 Å². The lowest BCUT2D eigenvalue weighted by Crippen LogP contribution is -2.46. The summed E-state index contributed by atoms with van der Waals surface area (Å²) in [6.07, 6.45) is -3.01. The maximum absolute atomic E-state index is 13.1. The molecule has 2 aromatic heterocycles. The van der Waals surface area contributed by atoms with E-state index in [1.807, 2.05) is 13.0 Å². The number of aryl methyl sites for hydroxylation is 2. The number of hydrogen-bond donors (Lipinski definition) is 3. The number of nitrogens with zero attached hydrogens (tertiary/aromatic N) is 5. The standard InChI is InChI=1S/C30H31F3N8O2S/c1-4-40-10-12-41(13-11-40)25-16-24(35-19(3)36-25)39-26-17-34-29(44-26)28(43)38-23-15-22(9-8-18(23)2)37-27(42)20-6-5-7-21(14-20)30(31,32)33/h5-9,14-17H,4,10-13H2,1-3H3,(H,37,42)(H,38,43)(H,35,36,39). The van der Waals surface area contributed by atoms with Crippen LogP contribution in [-0.2, 0) is 6.18 Å². The number of benzene rings is 2. The van der Waals surface area contributed by atoms with Gasteiger partial charge in [0, 0.05) is 49.2 Å². The minimum atomic E-state index is -4.57. The molecule has 0 bridgehead atoms. The fraction of sp³-hybridized carbons (Fsp3) is 0.300. The molecule has 1 aliphatic heterocycles. The second kappa shape index (κ2) is 13.0. The van der Waals surface area contributed by atoms with Crippen LogP contribution in [0, 0.1) is 13.8 Å². The number of carbonyl (C=O) groups is 2. The minimum Gasteiger partial charge on any atom is -0.354 e. The van der Waals surface area contributed by atoms with E-state index < -0.39 is 23.6 Å². The van der Waals surface area contributed by atoms with Crippen molar-refractivity contribution in [2.75, 3.05) is 53.6 Å². The number of alkyl halides is 3. The molecule has 0 unspecified atom stereocenters. The van der Waals surface area contributed by atoms with Crippen molar-refractivity contribution in [2.45, 2.75) is 26.9 Å². The van der Waals surface area contributed by atoms with Crippen LogP contribution in [0.5, 0.6) is 0 Å². The largest absolute Gasteiger partial charge is 0.416 e. The summed E-state index contributed by atoms with van der Waals surface area (Å²) in [5.74, 6) is 0.899. The summed E-state index contributed by atoms with van der Waals surface area (Å²) in [5.41, 5.74) is 0.384. The fourth-order valence-electron chi connectivity index (χ4n) is 4.68. The number of likely N-dealkylation sites (N-methyl/N-ethyl adjacent to an activating group) is 1. The monoisotopic (exact) mass is 624 g/mol. The molecule has 3 heterocycles. The van der Waals surface area contributed by atoms with Crippen LogP contribution in [0.1, 0.15) is 44.0 Å². The van der Waals surface area contributed by atoms with E-state index in [1.165, 1.54) is 18.2 Å². The van der Waals surface area contributed by atoms with Gasteiger partial charge in [-0.3, -0.25) is 9.59 Å². The lowest BCUT2D eigenvalue weighted by molar-refractivity contribution is -0.137. The fourth-order valence-corrected chi connectivity index (χ4v) is 5.40. The Hall–Kier alpha value is -4.56. The average Bonchev–Trinajstić information content (AvgIpc) is 3.47. The van der Waals surface area contributed by atoms with E-state index in [1.54, 1.807) is 25.3 Å². The predicted molar refractivity (Wildman–Crippen MR) is 165 cm³/mol. The second-order valence-corrected chi connectivity index (χ2v) is 11.3. The molecule has 1 aliphatic rings. The second-order valence-electron chi connectivity index (χ2n) is 10.3. The Morgan fingerprint density at radius 3 is 2.45 bits per heavy atom. The number of hydrogen-bond acceptors (Lipinski definition) is 9. The normalized spacial score (nSPS) is 13.9. The summed E-state index contributed by atoms with van der Waals surface area (Å²) in [5, 5.41) is 9.43. The van der Waals surface area contributed by atoms with Crippen molar-refractivity contribution in [1.82, 2.24) is 19.9 Å². The summed E-state index contributed by atoms with van der Waals surface area (Å²) in [6.45, 7) is 10.5. The lowest BCUT2D eigenvalue weighted by Gasteiger charge is -2.34. The molecule has 10 nitrogen and oxygen atoms in total. The smallest absolute Gasteiger partial charge is 0.354 e. The molecule has 4 aromatic rings. The molecular weight excluding hydrogens is 593 g/mol. The van der Waals surface area contributed by atoms with E-state index >= 15 is 0 Å². The van der Waals surface area contributed by atoms with Crippen LogP contribution in [0.3, 0.4) is 0 Å². The van der Waals surface area contributed by atoms with E-state index in [0.29, 0.717) is 33.6 Å². The molecule has 1 fully saturated rings. The lowest BCUT2D eigenvalue weighted by atomic mass is 10.1. The van der Waals surface area contributed by atoms with Crippen molar-refractivity contribution < 1.29 is 22.8 Å². The molecule has 230 valence electrons. The van der Waals surface area contributed by atoms with Crippen LogP contribution in [0.2, 0.25) is 0 Å². The van der Waals surface area contributed by atoms with E-state index in [9.17, 15) is 22.8 Å². The maximum Gasteiger partial charge on any atom is 0.416 e. The van der Waals surface area contributed by atoms with Gasteiger partial charge in [0.05, 0.1) is 11.8 Å². The number of halogens is 3. The first-order chi connectivity index (χ1) is 21.0. The molecule has 5 rings (SSSR count). The molecule has 0 aliphatic carbocycles. The van der Waals surface area contributed by atoms with E-state index in [4.69, 9.17) is 0 Å². The number of rotatable bonds is 8. The molecule has 0 saturated carbocycles. The summed E-state index contributed by atoms with van der Waals surface area (Å²) in [6, 6.07) is 10.9. The van der Waals surface area contributed by atoms with Crippen LogP contribution in [0.4, 0.5) is 41.2 Å². The Bertz CT molecular complexity index is 1670. The van der Waals surface area contributed by atoms with Gasteiger partial charge in [-0.15, -0.1) is 0 Å². The first-order valence-corrected chi connectivity index (χ1v) is 14.8. The average molecular weight is 625 g/mol. The summed E-state index contributed by atoms with van der Waals surface area (Å²) in [7, 11) is 0. The summed E-state index contributed by atoms with van der Waals surface area (Å²) >= 11 is 1.15. The molecule has 2 aromatic carbocycles. The highest BCUT2D eigenvalue weighted by atomic mass is 32.1. The highest BCUT2D eigenvalue weighted by molar-refractivity contribution is 7.17. The van der Waals surface area contributed by atoms with E-state index in [2.05, 4.69) is 47.6 Å². The van der Waals surface area contributed by atoms with Crippen molar-refractivity contribution in [2.24, 2.45) is 0 Å². The van der Waals surface area contributed by atoms with Gasteiger partial charge in [-0.2, -0.15) is 13.2 Å². The van der Waals surface area contributed by atoms with Gasteiger partial charge in [-0.1, -0.05) is 30.4 Å². The Morgan fingerprint density at radius 2 is 1.73 bits per heavy atom. The maximum atomic E-state index is 13.1. The summed E-state index contributed by atoms with van der Waals surface area (Å²) in [4.78, 5) is 43.7. The molecule has 3 N–H and O–H groups in total. The zero-order valence-corrected chi connectivity index (χ0v) is 25.1. The van der Waals surface area contributed by atoms with Crippen LogP contribution in [0.15, 0.2) is 54.7 Å². The van der Waals surface area contributed by atoms with E-state index in [0.717, 1.165) is 62.0 Å². The van der Waals surface area contributed by atoms with Gasteiger partial charge in [0.25, 0.3) is 11.8 Å². The SMILES string of the molecule is CCN1CCN(c2cc(Nc3cnc(C(=O)Nc4cc(NC(=O)c5cccc(C(F)(F)F)c5)ccc4C)s3)nc(C)n2)CC1. The molecule has 0 spiro atoms. The van der Waals surface area contributed by atoms with Gasteiger partial charge in [0.1, 0.15) is 22.5 Å². The minimum absolute atomic E-state index is 0.140. The zero-order valence-electron chi connectivity index (χ0n) is 24.3. The van der Waals surface area contributed by atoms with Crippen LogP contribution < -0.4 is 20.9 Å². The molecule has 2 amide bonds. The van der Waals surface area contributed by atoms with Gasteiger partial charge in [-0.05, 0) is 56.3 Å². The van der Waals surface area contributed by atoms with Gasteiger partial charge < -0.3 is 25.8 Å². The van der Waals surface area contributed by atoms with Gasteiger partial charge in [0.15, 0.2) is 5.01 Å². The molecule has 1 saturated heterocycles. The van der Waals surface area contributed by atoms with Gasteiger partial charge in [-0.25, -0.2) is 15.0 Å². The number of carbonyl (C=O) groups excluding carboxylic acids is 2. The van der Waals surface area contributed by atoms with Gasteiger partial charge >= 0.3 is 6.18 Å². The Kier molecular flexibility index (Phi) is 9.11. The first kappa shape index (κ1) is 30.9. The molecule has 0 atom stereocenters. The third-order valence-electron chi connectivity index (χ3n) is 7.11.